The van der Waals surface area contributed by atoms with Crippen LogP contribution >= 0.6 is 0 Å². The van der Waals surface area contributed by atoms with Gasteiger partial charge in [-0.15, -0.1) is 0 Å². The van der Waals surface area contributed by atoms with Crippen molar-refractivity contribution < 1.29 is 14.3 Å². The first kappa shape index (κ1) is 19.9. The quantitative estimate of drug-likeness (QED) is 0.614. The molecule has 0 aromatic heterocycles. The summed E-state index contributed by atoms with van der Waals surface area (Å²) < 4.78 is 5.62. The van der Waals surface area contributed by atoms with Crippen LogP contribution in [-0.4, -0.2) is 30.7 Å². The van der Waals surface area contributed by atoms with E-state index >= 15 is 0 Å². The lowest BCUT2D eigenvalue weighted by Crippen LogP contribution is -2.53. The Morgan fingerprint density at radius 3 is 2.54 bits per heavy atom. The first-order valence-corrected chi connectivity index (χ1v) is 8.94. The van der Waals surface area contributed by atoms with Crippen molar-refractivity contribution in [3.8, 4) is 0 Å². The molecule has 1 aromatic carbocycles. The van der Waals surface area contributed by atoms with E-state index in [1.54, 1.807) is 19.2 Å². The van der Waals surface area contributed by atoms with Gasteiger partial charge in [0, 0.05) is 30.5 Å². The molecular weight excluding hydrogens is 332 g/mol. The van der Waals surface area contributed by atoms with Gasteiger partial charge in [0.1, 0.15) is 5.60 Å². The predicted octanol–water partition coefficient (Wildman–Crippen LogP) is 2.86. The summed E-state index contributed by atoms with van der Waals surface area (Å²) in [6, 6.07) is 5.29. The van der Waals surface area contributed by atoms with E-state index in [0.29, 0.717) is 17.7 Å². The van der Waals surface area contributed by atoms with Crippen molar-refractivity contribution in [3.05, 3.63) is 23.8 Å². The standard InChI is InChI=1S/C19H30N4O3/c1-18(2,3)19(26-17(21)25)9-5-6-13(11-19)23-15-8-7-12(10-14(15)20)16(24)22-4/h7-8,10,13,23H,5-6,9,11,20H2,1-4H3,(H2,21,25)(H,22,24)/t13-,19+/m0/s1. The molecule has 7 nitrogen and oxygen atoms in total. The number of nitrogens with two attached hydrogens (primary N) is 2. The molecule has 0 radical (unpaired) electrons. The van der Waals surface area contributed by atoms with Crippen LogP contribution in [0.3, 0.4) is 0 Å². The fourth-order valence-electron chi connectivity index (χ4n) is 3.68. The molecular formula is C19H30N4O3. The van der Waals surface area contributed by atoms with Crippen molar-refractivity contribution in [1.29, 1.82) is 0 Å². The van der Waals surface area contributed by atoms with Gasteiger partial charge in [0.15, 0.2) is 0 Å². The molecule has 0 aliphatic heterocycles. The largest absolute Gasteiger partial charge is 0.442 e. The number of benzene rings is 1. The Balaban J connectivity index is 2.19. The normalized spacial score (nSPS) is 23.2. The molecule has 144 valence electrons. The molecule has 0 spiro atoms. The highest BCUT2D eigenvalue weighted by Crippen LogP contribution is 2.45. The Hall–Kier alpha value is -2.44. The maximum atomic E-state index is 11.7. The van der Waals surface area contributed by atoms with E-state index in [9.17, 15) is 9.59 Å². The number of hydrogen-bond acceptors (Lipinski definition) is 5. The SMILES string of the molecule is CNC(=O)c1ccc(N[C@H]2CCC[C@](OC(N)=O)(C(C)(C)C)C2)c(N)c1. The van der Waals surface area contributed by atoms with Crippen molar-refractivity contribution in [2.45, 2.75) is 58.1 Å². The van der Waals surface area contributed by atoms with Crippen molar-refractivity contribution in [2.75, 3.05) is 18.1 Å². The number of rotatable bonds is 4. The summed E-state index contributed by atoms with van der Waals surface area (Å²) >= 11 is 0. The number of nitrogens with one attached hydrogen (secondary N) is 2. The van der Waals surface area contributed by atoms with Crippen LogP contribution in [0.25, 0.3) is 0 Å². The predicted molar refractivity (Wildman–Crippen MR) is 103 cm³/mol. The van der Waals surface area contributed by atoms with Crippen LogP contribution in [0.1, 0.15) is 56.8 Å². The number of primary amides is 1. The van der Waals surface area contributed by atoms with E-state index in [1.165, 1.54) is 0 Å². The molecule has 0 unspecified atom stereocenters. The number of anilines is 2. The van der Waals surface area contributed by atoms with Crippen LogP contribution in [0.4, 0.5) is 16.2 Å². The van der Waals surface area contributed by atoms with Gasteiger partial charge in [0.25, 0.3) is 5.91 Å². The number of amides is 2. The molecule has 1 fully saturated rings. The third kappa shape index (κ3) is 4.20. The summed E-state index contributed by atoms with van der Waals surface area (Å²) in [5, 5.41) is 6.02. The fourth-order valence-corrected chi connectivity index (χ4v) is 3.68. The smallest absolute Gasteiger partial charge is 0.405 e. The van der Waals surface area contributed by atoms with Gasteiger partial charge in [-0.05, 0) is 37.5 Å². The molecule has 1 saturated carbocycles. The lowest BCUT2D eigenvalue weighted by molar-refractivity contribution is -0.0914. The zero-order chi connectivity index (χ0) is 19.5. The minimum atomic E-state index is -0.741. The number of hydrogen-bond donors (Lipinski definition) is 4. The molecule has 0 heterocycles. The minimum Gasteiger partial charge on any atom is -0.442 e. The number of carbonyl (C=O) groups excluding carboxylic acids is 2. The van der Waals surface area contributed by atoms with Gasteiger partial charge in [-0.25, -0.2) is 4.79 Å². The second-order valence-electron chi connectivity index (χ2n) is 7.98. The molecule has 1 aliphatic rings. The van der Waals surface area contributed by atoms with Crippen molar-refractivity contribution in [2.24, 2.45) is 11.1 Å². The van der Waals surface area contributed by atoms with Crippen molar-refractivity contribution in [1.82, 2.24) is 5.32 Å². The molecule has 0 bridgehead atoms. The topological polar surface area (TPSA) is 119 Å². The molecule has 1 aliphatic carbocycles. The van der Waals surface area contributed by atoms with Gasteiger partial charge in [0.05, 0.1) is 11.4 Å². The maximum absolute atomic E-state index is 11.7. The zero-order valence-electron chi connectivity index (χ0n) is 16.0. The Bertz CT molecular complexity index is 684. The van der Waals surface area contributed by atoms with Crippen LogP contribution in [-0.2, 0) is 4.74 Å². The lowest BCUT2D eigenvalue weighted by Gasteiger charge is -2.48. The van der Waals surface area contributed by atoms with Gasteiger partial charge in [-0.3, -0.25) is 4.79 Å². The molecule has 0 saturated heterocycles. The Morgan fingerprint density at radius 2 is 2.00 bits per heavy atom. The summed E-state index contributed by atoms with van der Waals surface area (Å²) in [4.78, 5) is 23.2. The van der Waals surface area contributed by atoms with Crippen molar-refractivity contribution in [3.63, 3.8) is 0 Å². The highest BCUT2D eigenvalue weighted by Gasteiger charge is 2.48. The Morgan fingerprint density at radius 1 is 1.31 bits per heavy atom. The third-order valence-electron chi connectivity index (χ3n) is 5.27. The summed E-state index contributed by atoms with van der Waals surface area (Å²) in [5.74, 6) is -0.178. The van der Waals surface area contributed by atoms with Crippen molar-refractivity contribution >= 4 is 23.4 Å². The molecule has 26 heavy (non-hydrogen) atoms. The fraction of sp³-hybridized carbons (Fsp3) is 0.579. The first-order valence-electron chi connectivity index (χ1n) is 8.94. The van der Waals surface area contributed by atoms with Gasteiger partial charge in [-0.1, -0.05) is 20.8 Å². The molecule has 2 rings (SSSR count). The van der Waals surface area contributed by atoms with Gasteiger partial charge < -0.3 is 26.8 Å². The van der Waals surface area contributed by atoms with Gasteiger partial charge in [0.2, 0.25) is 0 Å². The Kier molecular flexibility index (Phi) is 5.68. The van der Waals surface area contributed by atoms with Crippen LogP contribution in [0.2, 0.25) is 0 Å². The maximum Gasteiger partial charge on any atom is 0.405 e. The number of ether oxygens (including phenoxy) is 1. The van der Waals surface area contributed by atoms with Gasteiger partial charge in [-0.2, -0.15) is 0 Å². The zero-order valence-corrected chi connectivity index (χ0v) is 16.0. The molecule has 2 atom stereocenters. The summed E-state index contributed by atoms with van der Waals surface area (Å²) in [6.07, 6.45) is 2.54. The Labute approximate surface area is 154 Å². The molecule has 2 amide bonds. The van der Waals surface area contributed by atoms with E-state index in [4.69, 9.17) is 16.2 Å². The van der Waals surface area contributed by atoms with E-state index < -0.39 is 11.7 Å². The summed E-state index contributed by atoms with van der Waals surface area (Å²) in [7, 11) is 1.58. The van der Waals surface area contributed by atoms with Crippen LogP contribution < -0.4 is 22.1 Å². The first-order chi connectivity index (χ1) is 12.1. The van der Waals surface area contributed by atoms with Crippen LogP contribution in [0, 0.1) is 5.41 Å². The highest BCUT2D eigenvalue weighted by atomic mass is 16.6. The number of carbonyl (C=O) groups is 2. The van der Waals surface area contributed by atoms with Crippen LogP contribution in [0.15, 0.2) is 18.2 Å². The summed E-state index contributed by atoms with van der Waals surface area (Å²) in [5.41, 5.74) is 12.4. The average molecular weight is 362 g/mol. The summed E-state index contributed by atoms with van der Waals surface area (Å²) in [6.45, 7) is 6.18. The van der Waals surface area contributed by atoms with Crippen LogP contribution in [0.5, 0.6) is 0 Å². The molecule has 1 aromatic rings. The molecule has 6 N–H and O–H groups in total. The molecule has 7 heteroatoms. The van der Waals surface area contributed by atoms with E-state index in [2.05, 4.69) is 31.4 Å². The van der Waals surface area contributed by atoms with E-state index in [0.717, 1.165) is 24.9 Å². The second-order valence-corrected chi connectivity index (χ2v) is 7.98. The van der Waals surface area contributed by atoms with Gasteiger partial charge >= 0.3 is 6.09 Å². The lowest BCUT2D eigenvalue weighted by atomic mass is 9.66. The second kappa shape index (κ2) is 7.43. The average Bonchev–Trinajstić information content (AvgIpc) is 2.54. The monoisotopic (exact) mass is 362 g/mol. The minimum absolute atomic E-state index is 0.0930. The third-order valence-corrected chi connectivity index (χ3v) is 5.27. The number of nitrogen functional groups attached to an aromatic ring is 1. The van der Waals surface area contributed by atoms with E-state index in [-0.39, 0.29) is 17.4 Å². The van der Waals surface area contributed by atoms with E-state index in [1.807, 2.05) is 6.07 Å². The highest BCUT2D eigenvalue weighted by molar-refractivity contribution is 5.95.